The topological polar surface area (TPSA) is 98.4 Å². The number of halogens is 3. The summed E-state index contributed by atoms with van der Waals surface area (Å²) in [6, 6.07) is -0.941. The molecule has 2 rings (SSSR count). The molecule has 1 aliphatic carbocycles. The zero-order chi connectivity index (χ0) is 14.4. The smallest absolute Gasteiger partial charge is 0.361 e. The lowest BCUT2D eigenvalue weighted by Crippen LogP contribution is -2.56. The second-order valence-electron chi connectivity index (χ2n) is 5.67. The number of rotatable bonds is 1. The number of alkyl halides is 3. The third-order valence-corrected chi connectivity index (χ3v) is 4.28. The Balaban J connectivity index is 0.00000200. The van der Waals surface area contributed by atoms with Gasteiger partial charge in [-0.15, -0.1) is 0 Å². The predicted molar refractivity (Wildman–Crippen MR) is 65.8 cm³/mol. The zero-order valence-electron chi connectivity index (χ0n) is 11.4. The van der Waals surface area contributed by atoms with E-state index in [-0.39, 0.29) is 37.9 Å². The van der Waals surface area contributed by atoms with Crippen molar-refractivity contribution in [2.24, 2.45) is 17.1 Å². The summed E-state index contributed by atoms with van der Waals surface area (Å²) in [4.78, 5) is 23.8. The predicted octanol–water partition coefficient (Wildman–Crippen LogP) is 1.60. The Hall–Kier alpha value is -1.31. The van der Waals surface area contributed by atoms with E-state index < -0.39 is 29.4 Å². The molecule has 0 aromatic rings. The Morgan fingerprint density at radius 1 is 1.25 bits per heavy atom. The summed E-state index contributed by atoms with van der Waals surface area (Å²) in [7, 11) is 0. The maximum atomic E-state index is 13.2. The van der Waals surface area contributed by atoms with Gasteiger partial charge in [0, 0.05) is 12.6 Å². The van der Waals surface area contributed by atoms with Gasteiger partial charge >= 0.3 is 18.0 Å². The highest BCUT2D eigenvalue weighted by atomic mass is 19.4. The standard InChI is InChI=1S/C12H17F3N2O2.H3N/c1-7-2-3-8(11(4-5-11)12(13,14)15)17(6-7)10(19)9(16)18;/h7-8H,2-6H2,1H3,(H2,16,18);1H3. The van der Waals surface area contributed by atoms with Crippen LogP contribution >= 0.6 is 0 Å². The van der Waals surface area contributed by atoms with Crippen LogP contribution in [0.25, 0.3) is 0 Å². The van der Waals surface area contributed by atoms with E-state index in [1.807, 2.05) is 6.92 Å². The first kappa shape index (κ1) is 16.7. The number of carbonyl (C=O) groups is 2. The van der Waals surface area contributed by atoms with Crippen molar-refractivity contribution >= 4 is 11.8 Å². The van der Waals surface area contributed by atoms with Crippen molar-refractivity contribution in [3.63, 3.8) is 0 Å². The first-order valence-electron chi connectivity index (χ1n) is 6.36. The van der Waals surface area contributed by atoms with Crippen LogP contribution in [-0.2, 0) is 9.59 Å². The molecule has 1 heterocycles. The van der Waals surface area contributed by atoms with Crippen molar-refractivity contribution < 1.29 is 22.8 Å². The van der Waals surface area contributed by atoms with Gasteiger partial charge in [-0.2, -0.15) is 13.2 Å². The molecule has 5 N–H and O–H groups in total. The maximum Gasteiger partial charge on any atom is 0.396 e. The van der Waals surface area contributed by atoms with Crippen molar-refractivity contribution in [1.82, 2.24) is 11.1 Å². The normalized spacial score (nSPS) is 28.5. The number of amides is 2. The van der Waals surface area contributed by atoms with Crippen LogP contribution in [0.2, 0.25) is 0 Å². The Labute approximate surface area is 115 Å². The van der Waals surface area contributed by atoms with Crippen molar-refractivity contribution in [2.75, 3.05) is 6.54 Å². The van der Waals surface area contributed by atoms with Crippen LogP contribution in [0.5, 0.6) is 0 Å². The van der Waals surface area contributed by atoms with Crippen molar-refractivity contribution in [3.05, 3.63) is 0 Å². The molecule has 2 unspecified atom stereocenters. The SMILES string of the molecule is CC1CCC(C2(C(F)(F)F)CC2)N(C(=O)C(N)=O)C1.N. The van der Waals surface area contributed by atoms with Crippen LogP contribution < -0.4 is 11.9 Å². The first-order chi connectivity index (χ1) is 8.69. The molecular weight excluding hydrogens is 275 g/mol. The van der Waals surface area contributed by atoms with Crippen LogP contribution in [0, 0.1) is 11.3 Å². The largest absolute Gasteiger partial charge is 0.396 e. The molecule has 1 saturated heterocycles. The summed E-state index contributed by atoms with van der Waals surface area (Å²) in [6.45, 7) is 2.02. The highest BCUT2D eigenvalue weighted by Gasteiger charge is 2.69. The van der Waals surface area contributed by atoms with E-state index in [1.54, 1.807) is 0 Å². The number of hydrogen-bond acceptors (Lipinski definition) is 3. The third-order valence-electron chi connectivity index (χ3n) is 4.28. The van der Waals surface area contributed by atoms with Crippen molar-refractivity contribution in [2.45, 2.75) is 44.8 Å². The van der Waals surface area contributed by atoms with Gasteiger partial charge in [0.05, 0.1) is 5.41 Å². The molecule has 2 aliphatic rings. The minimum Gasteiger partial charge on any atom is -0.361 e. The van der Waals surface area contributed by atoms with Gasteiger partial charge in [-0.1, -0.05) is 6.92 Å². The van der Waals surface area contributed by atoms with E-state index in [2.05, 4.69) is 0 Å². The molecular formula is C12H20F3N3O2. The Morgan fingerprint density at radius 3 is 2.20 bits per heavy atom. The van der Waals surface area contributed by atoms with E-state index in [9.17, 15) is 22.8 Å². The number of carbonyl (C=O) groups excluding carboxylic acids is 2. The monoisotopic (exact) mass is 295 g/mol. The van der Waals surface area contributed by atoms with E-state index in [0.717, 1.165) is 4.90 Å². The highest BCUT2D eigenvalue weighted by Crippen LogP contribution is 2.62. The van der Waals surface area contributed by atoms with Gasteiger partial charge in [-0.05, 0) is 31.6 Å². The fourth-order valence-corrected chi connectivity index (χ4v) is 3.03. The molecule has 0 spiro atoms. The molecule has 116 valence electrons. The van der Waals surface area contributed by atoms with Gasteiger partial charge in [0.2, 0.25) is 0 Å². The Morgan fingerprint density at radius 2 is 1.80 bits per heavy atom. The molecule has 0 bridgehead atoms. The van der Waals surface area contributed by atoms with Crippen LogP contribution in [0.3, 0.4) is 0 Å². The zero-order valence-corrected chi connectivity index (χ0v) is 11.4. The van der Waals surface area contributed by atoms with Crippen LogP contribution in [0.1, 0.15) is 32.6 Å². The number of nitrogens with two attached hydrogens (primary N) is 1. The summed E-state index contributed by atoms with van der Waals surface area (Å²) >= 11 is 0. The van der Waals surface area contributed by atoms with Gasteiger partial charge in [0.25, 0.3) is 0 Å². The Bertz CT molecular complexity index is 407. The summed E-state index contributed by atoms with van der Waals surface area (Å²) in [5.74, 6) is -2.09. The second kappa shape index (κ2) is 5.23. The average molecular weight is 295 g/mol. The molecule has 8 heteroatoms. The molecule has 0 radical (unpaired) electrons. The Kier molecular flexibility index (Phi) is 4.38. The first-order valence-corrected chi connectivity index (χ1v) is 6.36. The molecule has 2 amide bonds. The number of piperidine rings is 1. The molecule has 5 nitrogen and oxygen atoms in total. The lowest BCUT2D eigenvalue weighted by Gasteiger charge is -2.43. The molecule has 0 aromatic carbocycles. The fraction of sp³-hybridized carbons (Fsp3) is 0.833. The molecule has 2 atom stereocenters. The molecule has 0 aromatic heterocycles. The quantitative estimate of drug-likeness (QED) is 0.719. The molecule has 2 fully saturated rings. The van der Waals surface area contributed by atoms with Gasteiger partial charge in [-0.25, -0.2) is 0 Å². The van der Waals surface area contributed by atoms with E-state index >= 15 is 0 Å². The van der Waals surface area contributed by atoms with Crippen molar-refractivity contribution in [3.8, 4) is 0 Å². The van der Waals surface area contributed by atoms with Gasteiger partial charge < -0.3 is 16.8 Å². The van der Waals surface area contributed by atoms with Crippen LogP contribution in [-0.4, -0.2) is 35.5 Å². The lowest BCUT2D eigenvalue weighted by atomic mass is 9.83. The maximum absolute atomic E-state index is 13.2. The third kappa shape index (κ3) is 2.61. The highest BCUT2D eigenvalue weighted by molar-refractivity contribution is 6.34. The fourth-order valence-electron chi connectivity index (χ4n) is 3.03. The van der Waals surface area contributed by atoms with E-state index in [0.29, 0.717) is 6.42 Å². The summed E-state index contributed by atoms with van der Waals surface area (Å²) < 4.78 is 39.5. The molecule has 1 aliphatic heterocycles. The number of nitrogens with zero attached hydrogens (tertiary/aromatic N) is 1. The number of likely N-dealkylation sites (tertiary alicyclic amines) is 1. The van der Waals surface area contributed by atoms with Crippen LogP contribution in [0.15, 0.2) is 0 Å². The molecule has 20 heavy (non-hydrogen) atoms. The average Bonchev–Trinajstić information content (AvgIpc) is 3.08. The minimum atomic E-state index is -4.34. The van der Waals surface area contributed by atoms with E-state index in [1.165, 1.54) is 0 Å². The minimum absolute atomic E-state index is 0. The summed E-state index contributed by atoms with van der Waals surface area (Å²) in [5.41, 5.74) is 3.11. The van der Waals surface area contributed by atoms with Crippen molar-refractivity contribution in [1.29, 1.82) is 0 Å². The van der Waals surface area contributed by atoms with E-state index in [4.69, 9.17) is 5.73 Å². The van der Waals surface area contributed by atoms with Crippen LogP contribution in [0.4, 0.5) is 13.2 Å². The summed E-state index contributed by atoms with van der Waals surface area (Å²) in [6.07, 6.45) is -3.38. The lowest BCUT2D eigenvalue weighted by molar-refractivity contribution is -0.210. The van der Waals surface area contributed by atoms with Gasteiger partial charge in [-0.3, -0.25) is 9.59 Å². The molecule has 1 saturated carbocycles. The number of hydrogen-bond donors (Lipinski definition) is 2. The number of primary amides is 1. The van der Waals surface area contributed by atoms with Gasteiger partial charge in [0.1, 0.15) is 0 Å². The summed E-state index contributed by atoms with van der Waals surface area (Å²) in [5, 5.41) is 0. The van der Waals surface area contributed by atoms with Gasteiger partial charge in [0.15, 0.2) is 0 Å². The second-order valence-corrected chi connectivity index (χ2v) is 5.67.